The molecule has 0 radical (unpaired) electrons. The van der Waals surface area contributed by atoms with Crippen LogP contribution in [0.15, 0.2) is 395 Å². The lowest BCUT2D eigenvalue weighted by Crippen LogP contribution is -2.23. The highest BCUT2D eigenvalue weighted by atomic mass is 35.5. The summed E-state index contributed by atoms with van der Waals surface area (Å²) in [5, 5.41) is 48.1. The molecule has 1 amide bonds. The number of rotatable bonds is 32. The maximum Gasteiger partial charge on any atom is 0.291 e. The number of carboxylic acid groups (broad SMARTS) is 2. The minimum absolute atomic E-state index is 0.0449. The number of carbonyl (C=O) groups is 3. The maximum atomic E-state index is 13.4. The van der Waals surface area contributed by atoms with Crippen molar-refractivity contribution in [2.45, 2.75) is 63.7 Å². The minimum Gasteiger partial charge on any atom is -0.858 e. The van der Waals surface area contributed by atoms with E-state index in [0.29, 0.717) is 53.8 Å². The SMILES string of the molecule is CSc1ccc(OCc2ccc(F)cc2Cl)c(-c2ccsc2-c2ccc(C(=O)[O-])cc2)c1.CSc1ccc(OCc2ccccc2)c(-c2ccsc2-c2ccc(C(=O)NCc3ccccc3)cc2)c1.CSc1ccc(OCc2ccccc2)c(-c2ccsc2-c2ccc(C(=O)[O-])c(C)c2)c1.CSc1ccc(OCc2ccccc2)c(-c2ccsc2-c2ccc(C([O-])=NS(=O)(=O)c3cccs3)cc2)c1. The van der Waals surface area contributed by atoms with E-state index >= 15 is 0 Å². The van der Waals surface area contributed by atoms with Gasteiger partial charge in [0.1, 0.15) is 59.5 Å². The second-order valence-electron chi connectivity index (χ2n) is 30.8. The number of aryl methyl sites for hydroxylation is 1. The third-order valence-electron chi connectivity index (χ3n) is 21.8. The fourth-order valence-corrected chi connectivity index (χ4v) is 22.2. The molecule has 13 aromatic carbocycles. The first-order chi connectivity index (χ1) is 67.2. The summed E-state index contributed by atoms with van der Waals surface area (Å²) in [5.74, 6) is -0.471. The molecule has 5 aromatic heterocycles. The van der Waals surface area contributed by atoms with E-state index in [9.17, 15) is 42.5 Å². The first-order valence-corrected chi connectivity index (χ1v) is 54.1. The van der Waals surface area contributed by atoms with E-state index in [4.69, 9.17) is 30.5 Å². The third kappa shape index (κ3) is 25.9. The molecule has 0 unspecified atom stereocenters. The Kier molecular flexibility index (Phi) is 34.9. The number of nitrogens with zero attached hydrogens (tertiary/aromatic N) is 1. The molecule has 0 spiro atoms. The number of thioether (sulfide) groups is 4. The zero-order chi connectivity index (χ0) is 96.4. The van der Waals surface area contributed by atoms with Crippen LogP contribution in [0.2, 0.25) is 5.02 Å². The van der Waals surface area contributed by atoms with Gasteiger partial charge in [-0.2, -0.15) is 12.8 Å². The van der Waals surface area contributed by atoms with Crippen LogP contribution in [0, 0.1) is 12.7 Å². The topological polar surface area (TPSA) is 216 Å². The van der Waals surface area contributed by atoms with E-state index < -0.39 is 33.7 Å². The van der Waals surface area contributed by atoms with Crippen molar-refractivity contribution in [1.29, 1.82) is 0 Å². The normalized spacial score (nSPS) is 11.1. The fourth-order valence-electron chi connectivity index (χ4n) is 14.7. The zero-order valence-electron chi connectivity index (χ0n) is 74.9. The average molecular weight is 2030 g/mol. The molecule has 0 fully saturated rings. The van der Waals surface area contributed by atoms with Crippen LogP contribution in [0.25, 0.3) is 86.3 Å². The van der Waals surface area contributed by atoms with Crippen molar-refractivity contribution in [2.75, 3.05) is 25.0 Å². The van der Waals surface area contributed by atoms with Crippen LogP contribution >= 0.6 is 115 Å². The number of sulfonamides is 1. The summed E-state index contributed by atoms with van der Waals surface area (Å²) in [4.78, 5) is 43.8. The minimum atomic E-state index is -4.02. The number of ether oxygens (including phenoxy) is 4. The number of hydrogen-bond acceptors (Lipinski definition) is 21. The second kappa shape index (κ2) is 48.3. The Balaban J connectivity index is 0.000000140. The quantitative estimate of drug-likeness (QED) is 0.0236. The van der Waals surface area contributed by atoms with Gasteiger partial charge >= 0.3 is 0 Å². The number of carboxylic acids is 2. The van der Waals surface area contributed by atoms with Crippen molar-refractivity contribution in [3.8, 4) is 109 Å². The molecule has 14 nitrogen and oxygen atoms in total. The Morgan fingerprint density at radius 1 is 0.362 bits per heavy atom. The van der Waals surface area contributed by atoms with E-state index in [-0.39, 0.29) is 33.4 Å². The van der Waals surface area contributed by atoms with E-state index in [1.165, 1.54) is 23.1 Å². The number of hydrogen-bond donors (Lipinski definition) is 1. The Hall–Kier alpha value is -13.0. The van der Waals surface area contributed by atoms with E-state index in [1.807, 2.05) is 211 Å². The molecule has 0 saturated heterocycles. The van der Waals surface area contributed by atoms with Crippen LogP contribution in [-0.2, 0) is 43.0 Å². The second-order valence-corrected chi connectivity index (χ2v) is 41.1. The standard InChI is InChI=1S/C32H27NO2S2.C29H23NO4S4.C26H22O3S2.C25H18ClFO3S2/c1-36-27-16-17-30(35-22-24-10-6-3-7-11-24)29(20-27)28-18-19-37-31(28)25-12-14-26(15-13-25)32(34)33-21-23-8-4-2-5-9-23;1-35-23-13-14-26(34-19-20-6-3-2-4-7-20)25(18-23)24-15-17-37-28(24)21-9-11-22(12-10-21)29(31)30-38(32,33)27-8-5-16-36-27;1-17-14-19(8-10-21(17)26(27)28)25-22(12-13-31-25)23-15-20(30-2)9-11-24(23)29-16-18-6-4-3-5-7-18;1-31-19-8-9-23(30-14-17-6-7-18(27)12-22(17)26)21(13-19)20-10-11-32-24(20)15-2-4-16(5-3-15)25(28)29/h2-20H,21-22H2,1H3,(H,33,34);2-18H,19H2,1H3,(H,30,31);3-15H,16H2,1-2H3,(H,27,28);2-13H,14H2,1H3,(H,28,29)/p-3. The van der Waals surface area contributed by atoms with E-state index in [2.05, 4.69) is 112 Å². The number of benzene rings is 13. The first kappa shape index (κ1) is 99.5. The molecular weight excluding hydrogens is 1940 g/mol. The predicted octanol–water partition coefficient (Wildman–Crippen LogP) is 27.8. The number of nitrogens with one attached hydrogen (secondary N) is 1. The third-order valence-corrected chi connectivity index (χ3v) is 31.6. The highest BCUT2D eigenvalue weighted by Gasteiger charge is 2.23. The van der Waals surface area contributed by atoms with Crippen LogP contribution in [0.4, 0.5) is 4.39 Å². The Labute approximate surface area is 843 Å². The highest BCUT2D eigenvalue weighted by molar-refractivity contribution is 7.99. The lowest BCUT2D eigenvalue weighted by atomic mass is 9.99. The lowest BCUT2D eigenvalue weighted by molar-refractivity contribution is -0.256. The number of amides is 1. The molecule has 0 aliphatic carbocycles. The van der Waals surface area contributed by atoms with E-state index in [1.54, 1.807) is 159 Å². The van der Waals surface area contributed by atoms with Crippen molar-refractivity contribution < 1.29 is 61.5 Å². The molecule has 0 bridgehead atoms. The summed E-state index contributed by atoms with van der Waals surface area (Å²) in [5.41, 5.74) is 19.1. The summed E-state index contributed by atoms with van der Waals surface area (Å²) >= 11 is 20.4. The summed E-state index contributed by atoms with van der Waals surface area (Å²) in [6.07, 6.45) is 8.18. The smallest absolute Gasteiger partial charge is 0.291 e. The van der Waals surface area contributed by atoms with Gasteiger partial charge in [-0.3, -0.25) is 4.79 Å². The van der Waals surface area contributed by atoms with Gasteiger partial charge in [-0.05, 0) is 254 Å². The maximum absolute atomic E-state index is 13.4. The van der Waals surface area contributed by atoms with Crippen molar-refractivity contribution in [1.82, 2.24) is 5.32 Å². The Morgan fingerprint density at radius 2 is 0.725 bits per heavy atom. The summed E-state index contributed by atoms with van der Waals surface area (Å²) < 4.78 is 66.5. The van der Waals surface area contributed by atoms with Gasteiger partial charge in [-0.15, -0.1) is 104 Å². The summed E-state index contributed by atoms with van der Waals surface area (Å²) in [6.45, 7) is 3.97. The van der Waals surface area contributed by atoms with Crippen molar-refractivity contribution in [2.24, 2.45) is 4.40 Å². The molecule has 18 rings (SSSR count). The van der Waals surface area contributed by atoms with Crippen LogP contribution in [0.3, 0.4) is 0 Å². The van der Waals surface area contributed by atoms with Gasteiger partial charge in [0, 0.05) is 113 Å². The van der Waals surface area contributed by atoms with Crippen molar-refractivity contribution in [3.63, 3.8) is 0 Å². The molecular formula is C112H87ClFN2O12S10-3. The van der Waals surface area contributed by atoms with Crippen LogP contribution in [-0.4, -0.2) is 57.2 Å². The fraction of sp³-hybridized carbons (Fsp3) is 0.0893. The van der Waals surface area contributed by atoms with Crippen LogP contribution < -0.4 is 39.6 Å². The number of carbonyl (C=O) groups excluding carboxylic acids is 3. The monoisotopic (exact) mass is 2030 g/mol. The molecule has 5 heterocycles. The Morgan fingerprint density at radius 3 is 1.08 bits per heavy atom. The van der Waals surface area contributed by atoms with Gasteiger partial charge in [0.25, 0.3) is 15.9 Å². The predicted molar refractivity (Wildman–Crippen MR) is 565 cm³/mol. The van der Waals surface area contributed by atoms with Gasteiger partial charge in [-0.1, -0.05) is 218 Å². The molecule has 694 valence electrons. The van der Waals surface area contributed by atoms with Crippen molar-refractivity contribution in [3.05, 3.63) is 433 Å². The van der Waals surface area contributed by atoms with Gasteiger partial charge in [-0.25, -0.2) is 4.39 Å². The number of thiophene rings is 5. The molecule has 0 aliphatic rings. The molecule has 0 aliphatic heterocycles. The lowest BCUT2D eigenvalue weighted by Gasteiger charge is -2.15. The van der Waals surface area contributed by atoms with Gasteiger partial charge in [0.05, 0.1) is 17.0 Å². The van der Waals surface area contributed by atoms with Gasteiger partial charge in [0.2, 0.25) is 0 Å². The van der Waals surface area contributed by atoms with Gasteiger partial charge in [0.15, 0.2) is 0 Å². The zero-order valence-corrected chi connectivity index (χ0v) is 83.9. The van der Waals surface area contributed by atoms with Crippen LogP contribution in [0.5, 0.6) is 23.0 Å². The largest absolute Gasteiger partial charge is 0.858 e. The molecule has 1 N–H and O–H groups in total. The number of aromatic carboxylic acids is 2. The van der Waals surface area contributed by atoms with Gasteiger partial charge < -0.3 is 49.2 Å². The van der Waals surface area contributed by atoms with Crippen molar-refractivity contribution >= 4 is 149 Å². The first-order valence-electron chi connectivity index (χ1n) is 43.0. The van der Waals surface area contributed by atoms with E-state index in [0.717, 1.165) is 152 Å². The Bertz CT molecular complexity index is 7350. The highest BCUT2D eigenvalue weighted by Crippen LogP contribution is 2.48. The molecule has 18 aromatic rings. The molecule has 138 heavy (non-hydrogen) atoms. The number of halogens is 2. The molecule has 0 atom stereocenters. The summed E-state index contributed by atoms with van der Waals surface area (Å²) in [7, 11) is -4.02. The van der Waals surface area contributed by atoms with Crippen LogP contribution in [0.1, 0.15) is 70.0 Å². The summed E-state index contributed by atoms with van der Waals surface area (Å²) in [6, 6.07) is 107. The molecule has 26 heteroatoms. The molecule has 0 saturated carbocycles. The average Bonchev–Trinajstić information content (AvgIpc) is 1.60.